The summed E-state index contributed by atoms with van der Waals surface area (Å²) in [5, 5.41) is 26.4. The minimum Gasteiger partial charge on any atom is -0.395 e. The van der Waals surface area contributed by atoms with Gasteiger partial charge in [0.1, 0.15) is 0 Å². The largest absolute Gasteiger partial charge is 0.395 e. The SMILES string of the molecule is C=C(C(N)=O)C(CO)(CO)CO. The van der Waals surface area contributed by atoms with Crippen molar-refractivity contribution in [3.63, 3.8) is 0 Å². The van der Waals surface area contributed by atoms with E-state index < -0.39 is 31.1 Å². The highest BCUT2D eigenvalue weighted by Gasteiger charge is 2.34. The molecule has 0 spiro atoms. The smallest absolute Gasteiger partial charge is 0.244 e. The van der Waals surface area contributed by atoms with E-state index in [0.717, 1.165) is 0 Å². The molecule has 0 saturated carbocycles. The van der Waals surface area contributed by atoms with Crippen LogP contribution in [0.25, 0.3) is 0 Å². The summed E-state index contributed by atoms with van der Waals surface area (Å²) in [4.78, 5) is 10.6. The molecule has 5 N–H and O–H groups in total. The predicted octanol–water partition coefficient (Wildman–Crippen LogP) is -2.01. The van der Waals surface area contributed by atoms with Crippen molar-refractivity contribution in [3.8, 4) is 0 Å². The van der Waals surface area contributed by atoms with Crippen LogP contribution < -0.4 is 5.73 Å². The van der Waals surface area contributed by atoms with E-state index in [0.29, 0.717) is 0 Å². The highest BCUT2D eigenvalue weighted by Crippen LogP contribution is 2.23. The Labute approximate surface area is 70.1 Å². The van der Waals surface area contributed by atoms with Gasteiger partial charge in [0.2, 0.25) is 5.91 Å². The standard InChI is InChI=1S/C7H13NO4/c1-5(6(8)12)7(2-9,3-10)4-11/h9-11H,1-4H2,(H2,8,12). The van der Waals surface area contributed by atoms with E-state index in [1.54, 1.807) is 0 Å². The van der Waals surface area contributed by atoms with Gasteiger partial charge in [0.05, 0.1) is 25.2 Å². The molecule has 0 heterocycles. The molecule has 0 aromatic heterocycles. The molecule has 5 nitrogen and oxygen atoms in total. The number of hydrogen-bond acceptors (Lipinski definition) is 4. The van der Waals surface area contributed by atoms with Gasteiger partial charge < -0.3 is 21.1 Å². The lowest BCUT2D eigenvalue weighted by atomic mass is 9.83. The molecule has 0 aliphatic carbocycles. The van der Waals surface area contributed by atoms with Crippen molar-refractivity contribution in [2.75, 3.05) is 19.8 Å². The molecule has 0 unspecified atom stereocenters. The Bertz CT molecular complexity index is 178. The van der Waals surface area contributed by atoms with E-state index >= 15 is 0 Å². The first kappa shape index (κ1) is 11.1. The van der Waals surface area contributed by atoms with Crippen LogP contribution in [0.4, 0.5) is 0 Å². The number of amides is 1. The number of aliphatic hydroxyl groups excluding tert-OH is 3. The first-order valence-corrected chi connectivity index (χ1v) is 3.36. The van der Waals surface area contributed by atoms with Crippen LogP contribution in [0.15, 0.2) is 12.2 Å². The Morgan fingerprint density at radius 1 is 1.25 bits per heavy atom. The summed E-state index contributed by atoms with van der Waals surface area (Å²) >= 11 is 0. The fourth-order valence-corrected chi connectivity index (χ4v) is 0.698. The van der Waals surface area contributed by atoms with Gasteiger partial charge in [0.15, 0.2) is 0 Å². The molecule has 0 aliphatic heterocycles. The maximum atomic E-state index is 10.6. The summed E-state index contributed by atoms with van der Waals surface area (Å²) in [6.07, 6.45) is 0. The van der Waals surface area contributed by atoms with Gasteiger partial charge in [-0.05, 0) is 0 Å². The van der Waals surface area contributed by atoms with Gasteiger partial charge in [-0.3, -0.25) is 4.79 Å². The van der Waals surface area contributed by atoms with E-state index in [4.69, 9.17) is 21.1 Å². The number of hydrogen-bond donors (Lipinski definition) is 4. The van der Waals surface area contributed by atoms with Crippen molar-refractivity contribution < 1.29 is 20.1 Å². The van der Waals surface area contributed by atoms with E-state index in [1.807, 2.05) is 0 Å². The van der Waals surface area contributed by atoms with E-state index in [-0.39, 0.29) is 5.57 Å². The van der Waals surface area contributed by atoms with Crippen LogP contribution in [0, 0.1) is 5.41 Å². The number of carbonyl (C=O) groups is 1. The Morgan fingerprint density at radius 3 is 1.67 bits per heavy atom. The zero-order valence-electron chi connectivity index (χ0n) is 6.66. The Balaban J connectivity index is 4.71. The highest BCUT2D eigenvalue weighted by molar-refractivity contribution is 5.92. The van der Waals surface area contributed by atoms with Crippen molar-refractivity contribution >= 4 is 5.91 Å². The number of carbonyl (C=O) groups excluding carboxylic acids is 1. The first-order chi connectivity index (χ1) is 5.54. The van der Waals surface area contributed by atoms with Crippen molar-refractivity contribution in [1.29, 1.82) is 0 Å². The Morgan fingerprint density at radius 2 is 1.58 bits per heavy atom. The maximum absolute atomic E-state index is 10.6. The van der Waals surface area contributed by atoms with Crippen molar-refractivity contribution in [1.82, 2.24) is 0 Å². The number of primary amides is 1. The van der Waals surface area contributed by atoms with Crippen LogP contribution in [-0.2, 0) is 4.79 Å². The maximum Gasteiger partial charge on any atom is 0.244 e. The molecule has 0 fully saturated rings. The van der Waals surface area contributed by atoms with Crippen LogP contribution in [0.5, 0.6) is 0 Å². The summed E-state index contributed by atoms with van der Waals surface area (Å²) in [6, 6.07) is 0. The fourth-order valence-electron chi connectivity index (χ4n) is 0.698. The van der Waals surface area contributed by atoms with E-state index in [2.05, 4.69) is 6.58 Å². The molecular weight excluding hydrogens is 162 g/mol. The van der Waals surface area contributed by atoms with Crippen molar-refractivity contribution in [3.05, 3.63) is 12.2 Å². The third-order valence-electron chi connectivity index (χ3n) is 1.85. The lowest BCUT2D eigenvalue weighted by molar-refractivity contribution is -0.117. The van der Waals surface area contributed by atoms with E-state index in [9.17, 15) is 4.79 Å². The summed E-state index contributed by atoms with van der Waals surface area (Å²) in [5.41, 5.74) is 3.31. The van der Waals surface area contributed by atoms with Crippen LogP contribution in [0.1, 0.15) is 0 Å². The molecule has 0 saturated heterocycles. The quantitative estimate of drug-likeness (QED) is 0.362. The monoisotopic (exact) mass is 175 g/mol. The van der Waals surface area contributed by atoms with Crippen LogP contribution in [-0.4, -0.2) is 41.0 Å². The number of nitrogens with two attached hydrogens (primary N) is 1. The molecule has 0 bridgehead atoms. The summed E-state index contributed by atoms with van der Waals surface area (Å²) in [5.74, 6) is -0.841. The lowest BCUT2D eigenvalue weighted by Gasteiger charge is -2.27. The molecule has 0 aliphatic rings. The average Bonchev–Trinajstić information content (AvgIpc) is 2.08. The zero-order valence-corrected chi connectivity index (χ0v) is 6.66. The first-order valence-electron chi connectivity index (χ1n) is 3.36. The molecular formula is C7H13NO4. The van der Waals surface area contributed by atoms with Crippen LogP contribution in [0.3, 0.4) is 0 Å². The molecule has 0 rings (SSSR count). The van der Waals surface area contributed by atoms with Crippen molar-refractivity contribution in [2.24, 2.45) is 11.1 Å². The Hall–Kier alpha value is -0.910. The zero-order chi connectivity index (χ0) is 9.78. The number of rotatable bonds is 5. The minimum absolute atomic E-state index is 0.171. The van der Waals surface area contributed by atoms with Gasteiger partial charge >= 0.3 is 0 Å². The second-order valence-corrected chi connectivity index (χ2v) is 2.60. The molecule has 5 heteroatoms. The van der Waals surface area contributed by atoms with Crippen LogP contribution >= 0.6 is 0 Å². The number of aliphatic hydroxyl groups is 3. The Kier molecular flexibility index (Phi) is 3.88. The average molecular weight is 175 g/mol. The van der Waals surface area contributed by atoms with Gasteiger partial charge in [-0.1, -0.05) is 6.58 Å². The topological polar surface area (TPSA) is 104 Å². The second-order valence-electron chi connectivity index (χ2n) is 2.60. The highest BCUT2D eigenvalue weighted by atomic mass is 16.3. The molecule has 12 heavy (non-hydrogen) atoms. The second kappa shape index (κ2) is 4.20. The van der Waals surface area contributed by atoms with Gasteiger partial charge in [-0.2, -0.15) is 0 Å². The minimum atomic E-state index is -1.40. The fraction of sp³-hybridized carbons (Fsp3) is 0.571. The molecule has 0 radical (unpaired) electrons. The third kappa shape index (κ3) is 1.82. The summed E-state index contributed by atoms with van der Waals surface area (Å²) < 4.78 is 0. The molecule has 70 valence electrons. The predicted molar refractivity (Wildman–Crippen MR) is 42.0 cm³/mol. The van der Waals surface area contributed by atoms with Gasteiger partial charge in [-0.15, -0.1) is 0 Å². The normalized spacial score (nSPS) is 11.2. The molecule has 0 aromatic rings. The van der Waals surface area contributed by atoms with Gasteiger partial charge in [0.25, 0.3) is 0 Å². The molecule has 0 atom stereocenters. The third-order valence-corrected chi connectivity index (χ3v) is 1.85. The molecule has 0 aromatic carbocycles. The van der Waals surface area contributed by atoms with E-state index in [1.165, 1.54) is 0 Å². The summed E-state index contributed by atoms with van der Waals surface area (Å²) in [6.45, 7) is 1.58. The van der Waals surface area contributed by atoms with Crippen LogP contribution in [0.2, 0.25) is 0 Å². The van der Waals surface area contributed by atoms with Crippen molar-refractivity contribution in [2.45, 2.75) is 0 Å². The van der Waals surface area contributed by atoms with Gasteiger partial charge in [0, 0.05) is 5.57 Å². The molecule has 1 amide bonds. The summed E-state index contributed by atoms with van der Waals surface area (Å²) in [7, 11) is 0. The lowest BCUT2D eigenvalue weighted by Crippen LogP contribution is -2.40. The van der Waals surface area contributed by atoms with Gasteiger partial charge in [-0.25, -0.2) is 0 Å².